The molecule has 0 heterocycles. The zero-order valence-corrected chi connectivity index (χ0v) is 19.6. The molecule has 4 N–H and O–H groups in total. The van der Waals surface area contributed by atoms with Crippen LogP contribution in [0.15, 0.2) is 51.1 Å². The SMILES string of the molecule is Cc1cc(S(=O)(=O)Nc2cc(S(=O)(=O)O)cc3cc(S(=O)(=O)O)cc(O)c23)c(C)cc1Cl. The van der Waals surface area contributed by atoms with Gasteiger partial charge in [0.15, 0.2) is 0 Å². The van der Waals surface area contributed by atoms with Crippen molar-refractivity contribution in [2.24, 2.45) is 0 Å². The molecule has 0 aliphatic carbocycles. The number of hydrogen-bond acceptors (Lipinski definition) is 7. The van der Waals surface area contributed by atoms with E-state index in [1.54, 1.807) is 6.92 Å². The molecule has 0 atom stereocenters. The number of phenols is 1. The standard InChI is InChI=1S/C18H16ClNO9S3/c1-9-4-17(10(2)3-14(9)19)30(22,23)20-15-7-12(31(24,25)26)5-11-6-13(32(27,28)29)8-16(21)18(11)15/h3-8,20-21H,1-2H3,(H,24,25,26)(H,27,28,29). The highest BCUT2D eigenvalue weighted by molar-refractivity contribution is 7.92. The van der Waals surface area contributed by atoms with Crippen molar-refractivity contribution in [3.8, 4) is 5.75 Å². The molecule has 172 valence electrons. The van der Waals surface area contributed by atoms with E-state index in [9.17, 15) is 39.5 Å². The molecule has 3 aromatic rings. The summed E-state index contributed by atoms with van der Waals surface area (Å²) in [5, 5.41) is 10.1. The van der Waals surface area contributed by atoms with Gasteiger partial charge in [-0.05, 0) is 60.7 Å². The van der Waals surface area contributed by atoms with Gasteiger partial charge in [-0.15, -0.1) is 0 Å². The number of aryl methyl sites for hydroxylation is 2. The summed E-state index contributed by atoms with van der Waals surface area (Å²) in [5.74, 6) is -0.765. The van der Waals surface area contributed by atoms with Gasteiger partial charge in [0.2, 0.25) is 0 Å². The molecule has 10 nitrogen and oxygen atoms in total. The Labute approximate surface area is 189 Å². The molecular weight excluding hydrogens is 506 g/mol. The van der Waals surface area contributed by atoms with E-state index in [1.165, 1.54) is 19.1 Å². The van der Waals surface area contributed by atoms with Gasteiger partial charge in [0.05, 0.1) is 20.4 Å². The largest absolute Gasteiger partial charge is 0.507 e. The fraction of sp³-hybridized carbons (Fsp3) is 0.111. The molecule has 3 rings (SSSR count). The van der Waals surface area contributed by atoms with Gasteiger partial charge in [0.1, 0.15) is 5.75 Å². The van der Waals surface area contributed by atoms with E-state index >= 15 is 0 Å². The van der Waals surface area contributed by atoms with Crippen LogP contribution in [0.4, 0.5) is 5.69 Å². The maximum absolute atomic E-state index is 13.0. The van der Waals surface area contributed by atoms with Crippen LogP contribution in [0.1, 0.15) is 11.1 Å². The second kappa shape index (κ2) is 7.86. The van der Waals surface area contributed by atoms with Gasteiger partial charge in [-0.2, -0.15) is 16.8 Å². The molecular formula is C18H16ClNO9S3. The minimum atomic E-state index is -4.86. The fourth-order valence-electron chi connectivity index (χ4n) is 3.06. The molecule has 0 unspecified atom stereocenters. The van der Waals surface area contributed by atoms with Crippen LogP contribution < -0.4 is 4.72 Å². The van der Waals surface area contributed by atoms with Crippen molar-refractivity contribution in [2.45, 2.75) is 28.5 Å². The summed E-state index contributed by atoms with van der Waals surface area (Å²) in [6, 6.07) is 5.78. The number of hydrogen-bond donors (Lipinski definition) is 4. The molecule has 0 aromatic heterocycles. The first-order chi connectivity index (χ1) is 14.5. The second-order valence-corrected chi connectivity index (χ2v) is 11.8. The van der Waals surface area contributed by atoms with Gasteiger partial charge >= 0.3 is 0 Å². The summed E-state index contributed by atoms with van der Waals surface area (Å²) in [6.07, 6.45) is 0. The fourth-order valence-corrected chi connectivity index (χ4v) is 5.73. The molecule has 0 amide bonds. The number of halogens is 1. The quantitative estimate of drug-likeness (QED) is 0.367. The Hall–Kier alpha value is -2.42. The highest BCUT2D eigenvalue weighted by atomic mass is 35.5. The third kappa shape index (κ3) is 4.67. The first kappa shape index (κ1) is 24.2. The van der Waals surface area contributed by atoms with Gasteiger partial charge in [-0.3, -0.25) is 13.8 Å². The summed E-state index contributed by atoms with van der Waals surface area (Å²) in [6.45, 7) is 3.07. The smallest absolute Gasteiger partial charge is 0.294 e. The molecule has 0 radical (unpaired) electrons. The van der Waals surface area contributed by atoms with Gasteiger partial charge in [0.25, 0.3) is 30.3 Å². The monoisotopic (exact) mass is 521 g/mol. The number of sulfonamides is 1. The van der Waals surface area contributed by atoms with Crippen molar-refractivity contribution in [1.82, 2.24) is 0 Å². The van der Waals surface area contributed by atoms with Crippen LogP contribution in [-0.2, 0) is 30.3 Å². The zero-order chi connectivity index (χ0) is 24.2. The van der Waals surface area contributed by atoms with Crippen molar-refractivity contribution in [1.29, 1.82) is 0 Å². The third-order valence-electron chi connectivity index (χ3n) is 4.56. The maximum atomic E-state index is 13.0. The summed E-state index contributed by atoms with van der Waals surface area (Å²) in [5.41, 5.74) is 0.276. The molecule has 0 fully saturated rings. The highest BCUT2D eigenvalue weighted by Crippen LogP contribution is 2.38. The van der Waals surface area contributed by atoms with Crippen LogP contribution in [0.5, 0.6) is 5.75 Å². The van der Waals surface area contributed by atoms with Crippen molar-refractivity contribution < 1.29 is 39.5 Å². The molecule has 0 bridgehead atoms. The van der Waals surface area contributed by atoms with Crippen molar-refractivity contribution in [3.63, 3.8) is 0 Å². The normalized spacial score (nSPS) is 12.8. The van der Waals surface area contributed by atoms with Crippen LogP contribution in [0.3, 0.4) is 0 Å². The average molecular weight is 522 g/mol. The topological polar surface area (TPSA) is 175 Å². The summed E-state index contributed by atoms with van der Waals surface area (Å²) in [7, 11) is -14.0. The number of aromatic hydroxyl groups is 1. The Kier molecular flexibility index (Phi) is 5.95. The Morgan fingerprint density at radius 3 is 1.84 bits per heavy atom. The van der Waals surface area contributed by atoms with E-state index in [4.69, 9.17) is 11.6 Å². The number of rotatable bonds is 5. The van der Waals surface area contributed by atoms with E-state index in [0.717, 1.165) is 18.2 Å². The summed E-state index contributed by atoms with van der Waals surface area (Å²) < 4.78 is 93.3. The zero-order valence-electron chi connectivity index (χ0n) is 16.4. The Balaban J connectivity index is 2.33. The van der Waals surface area contributed by atoms with E-state index in [2.05, 4.69) is 4.72 Å². The summed E-state index contributed by atoms with van der Waals surface area (Å²) in [4.78, 5) is -1.73. The van der Waals surface area contributed by atoms with Gasteiger partial charge < -0.3 is 5.11 Å². The number of nitrogens with one attached hydrogen (secondary N) is 1. The lowest BCUT2D eigenvalue weighted by Gasteiger charge is -2.16. The van der Waals surface area contributed by atoms with E-state index in [0.29, 0.717) is 16.7 Å². The molecule has 3 aromatic carbocycles. The molecule has 0 aliphatic heterocycles. The minimum absolute atomic E-state index is 0.182. The maximum Gasteiger partial charge on any atom is 0.294 e. The van der Waals surface area contributed by atoms with Crippen LogP contribution in [0.2, 0.25) is 5.02 Å². The van der Waals surface area contributed by atoms with E-state index < -0.39 is 51.5 Å². The predicted octanol–water partition coefficient (Wildman–Crippen LogP) is 3.11. The Bertz CT molecular complexity index is 1590. The Morgan fingerprint density at radius 2 is 1.31 bits per heavy atom. The van der Waals surface area contributed by atoms with Gasteiger partial charge in [-0.1, -0.05) is 11.6 Å². The van der Waals surface area contributed by atoms with E-state index in [1.807, 2.05) is 0 Å². The molecule has 0 saturated heterocycles. The highest BCUT2D eigenvalue weighted by Gasteiger charge is 2.24. The molecule has 14 heteroatoms. The first-order valence-electron chi connectivity index (χ1n) is 8.56. The van der Waals surface area contributed by atoms with Crippen LogP contribution >= 0.6 is 11.6 Å². The number of phenolic OH excluding ortho intramolecular Hbond substituents is 1. The molecule has 32 heavy (non-hydrogen) atoms. The Morgan fingerprint density at radius 1 is 0.781 bits per heavy atom. The van der Waals surface area contributed by atoms with Crippen molar-refractivity contribution in [3.05, 3.63) is 52.5 Å². The third-order valence-corrected chi connectivity index (χ3v) is 8.14. The van der Waals surface area contributed by atoms with Crippen LogP contribution in [0, 0.1) is 13.8 Å². The molecule has 0 spiro atoms. The lowest BCUT2D eigenvalue weighted by atomic mass is 10.1. The molecule has 0 saturated carbocycles. The lowest BCUT2D eigenvalue weighted by molar-refractivity contribution is 0.471. The first-order valence-corrected chi connectivity index (χ1v) is 13.3. The van der Waals surface area contributed by atoms with Crippen LogP contribution in [0.25, 0.3) is 10.8 Å². The van der Waals surface area contributed by atoms with Gasteiger partial charge in [-0.25, -0.2) is 8.42 Å². The van der Waals surface area contributed by atoms with Crippen LogP contribution in [-0.4, -0.2) is 39.5 Å². The van der Waals surface area contributed by atoms with Crippen molar-refractivity contribution in [2.75, 3.05) is 4.72 Å². The van der Waals surface area contributed by atoms with Crippen molar-refractivity contribution >= 4 is 58.3 Å². The number of benzene rings is 3. The second-order valence-electron chi connectivity index (χ2n) is 6.93. The lowest BCUT2D eigenvalue weighted by Crippen LogP contribution is -2.15. The van der Waals surface area contributed by atoms with Gasteiger partial charge in [0, 0.05) is 16.5 Å². The average Bonchev–Trinajstić information content (AvgIpc) is 2.62. The van der Waals surface area contributed by atoms with E-state index in [-0.39, 0.29) is 21.2 Å². The number of anilines is 1. The predicted molar refractivity (Wildman–Crippen MR) is 117 cm³/mol. The molecule has 0 aliphatic rings. The number of fused-ring (bicyclic) bond motifs is 1. The summed E-state index contributed by atoms with van der Waals surface area (Å²) >= 11 is 6.01. The minimum Gasteiger partial charge on any atom is -0.507 e.